The van der Waals surface area contributed by atoms with E-state index in [4.69, 9.17) is 11.6 Å². The van der Waals surface area contributed by atoms with E-state index in [0.717, 1.165) is 30.0 Å². The number of aliphatic hydroxyl groups excluding tert-OH is 1. The van der Waals surface area contributed by atoms with Gasteiger partial charge in [-0.3, -0.25) is 0 Å². The summed E-state index contributed by atoms with van der Waals surface area (Å²) >= 11 is 5.97. The molecular weight excluding hydrogens is 210 g/mol. The van der Waals surface area contributed by atoms with Gasteiger partial charge in [0.05, 0.1) is 12.1 Å². The molecule has 2 nitrogen and oxygen atoms in total. The van der Waals surface area contributed by atoms with Crippen molar-refractivity contribution in [3.63, 3.8) is 0 Å². The number of benzene rings is 1. The van der Waals surface area contributed by atoms with Crippen LogP contribution in [0.25, 0.3) is 0 Å². The second-order valence-electron chi connectivity index (χ2n) is 4.13. The SMILES string of the molecule is OCC1(c2cccc(Cl)c2)CCCCN1. The molecule has 0 bridgehead atoms. The Labute approximate surface area is 95.3 Å². The Morgan fingerprint density at radius 1 is 1.40 bits per heavy atom. The smallest absolute Gasteiger partial charge is 0.0669 e. The van der Waals surface area contributed by atoms with Gasteiger partial charge in [0.15, 0.2) is 0 Å². The molecule has 1 aromatic rings. The van der Waals surface area contributed by atoms with E-state index in [0.29, 0.717) is 0 Å². The molecule has 0 aliphatic carbocycles. The minimum atomic E-state index is -0.275. The van der Waals surface area contributed by atoms with Crippen molar-refractivity contribution in [2.24, 2.45) is 0 Å². The van der Waals surface area contributed by atoms with E-state index in [2.05, 4.69) is 5.32 Å². The minimum absolute atomic E-state index is 0.132. The molecule has 0 aromatic heterocycles. The summed E-state index contributed by atoms with van der Waals surface area (Å²) in [6.45, 7) is 1.10. The zero-order chi connectivity index (χ0) is 10.7. The van der Waals surface area contributed by atoms with Crippen molar-refractivity contribution in [1.29, 1.82) is 0 Å². The molecule has 2 rings (SSSR count). The van der Waals surface area contributed by atoms with Gasteiger partial charge in [-0.15, -0.1) is 0 Å². The largest absolute Gasteiger partial charge is 0.394 e. The highest BCUT2D eigenvalue weighted by molar-refractivity contribution is 6.30. The van der Waals surface area contributed by atoms with Crippen LogP contribution in [0, 0.1) is 0 Å². The summed E-state index contributed by atoms with van der Waals surface area (Å²) in [7, 11) is 0. The van der Waals surface area contributed by atoms with E-state index in [1.807, 2.05) is 24.3 Å². The Balaban J connectivity index is 2.32. The summed E-state index contributed by atoms with van der Waals surface area (Å²) < 4.78 is 0. The molecule has 82 valence electrons. The second kappa shape index (κ2) is 4.52. The summed E-state index contributed by atoms with van der Waals surface area (Å²) in [6.07, 6.45) is 3.31. The molecule has 1 heterocycles. The van der Waals surface area contributed by atoms with Gasteiger partial charge in [0.2, 0.25) is 0 Å². The molecule has 0 amide bonds. The Hall–Kier alpha value is -0.570. The molecule has 1 unspecified atom stereocenters. The van der Waals surface area contributed by atoms with Gasteiger partial charge < -0.3 is 10.4 Å². The number of hydrogen-bond acceptors (Lipinski definition) is 2. The van der Waals surface area contributed by atoms with Gasteiger partial charge in [0.1, 0.15) is 0 Å². The van der Waals surface area contributed by atoms with E-state index < -0.39 is 0 Å². The maximum atomic E-state index is 9.58. The number of nitrogens with one attached hydrogen (secondary N) is 1. The lowest BCUT2D eigenvalue weighted by Crippen LogP contribution is -2.48. The van der Waals surface area contributed by atoms with Crippen molar-refractivity contribution in [2.45, 2.75) is 24.8 Å². The highest BCUT2D eigenvalue weighted by atomic mass is 35.5. The van der Waals surface area contributed by atoms with Crippen LogP contribution in [0.2, 0.25) is 5.02 Å². The van der Waals surface area contributed by atoms with Crippen LogP contribution >= 0.6 is 11.6 Å². The Bertz CT molecular complexity index is 334. The standard InChI is InChI=1S/C12H16ClNO/c13-11-5-3-4-10(8-11)12(9-15)6-1-2-7-14-12/h3-5,8,14-15H,1-2,6-7,9H2. The Morgan fingerprint density at radius 3 is 2.87 bits per heavy atom. The first-order valence-electron chi connectivity index (χ1n) is 5.39. The van der Waals surface area contributed by atoms with Crippen molar-refractivity contribution in [1.82, 2.24) is 5.32 Å². The van der Waals surface area contributed by atoms with Gasteiger partial charge in [-0.05, 0) is 43.5 Å². The zero-order valence-electron chi connectivity index (χ0n) is 8.67. The fourth-order valence-corrected chi connectivity index (χ4v) is 2.42. The number of hydrogen-bond donors (Lipinski definition) is 2. The lowest BCUT2D eigenvalue weighted by molar-refractivity contribution is 0.131. The van der Waals surface area contributed by atoms with Gasteiger partial charge in [-0.1, -0.05) is 23.7 Å². The van der Waals surface area contributed by atoms with Gasteiger partial charge in [-0.2, -0.15) is 0 Å². The molecule has 1 atom stereocenters. The fraction of sp³-hybridized carbons (Fsp3) is 0.500. The van der Waals surface area contributed by atoms with Crippen molar-refractivity contribution >= 4 is 11.6 Å². The quantitative estimate of drug-likeness (QED) is 0.810. The molecule has 1 fully saturated rings. The van der Waals surface area contributed by atoms with Gasteiger partial charge in [-0.25, -0.2) is 0 Å². The third-order valence-corrected chi connectivity index (χ3v) is 3.38. The minimum Gasteiger partial charge on any atom is -0.394 e. The van der Waals surface area contributed by atoms with E-state index in [1.165, 1.54) is 6.42 Å². The lowest BCUT2D eigenvalue weighted by atomic mass is 9.83. The van der Waals surface area contributed by atoms with E-state index >= 15 is 0 Å². The second-order valence-corrected chi connectivity index (χ2v) is 4.57. The predicted octanol–water partition coefficient (Wildman–Crippen LogP) is 2.30. The Morgan fingerprint density at radius 2 is 2.27 bits per heavy atom. The molecular formula is C12H16ClNO. The van der Waals surface area contributed by atoms with E-state index in [-0.39, 0.29) is 12.1 Å². The summed E-state index contributed by atoms with van der Waals surface area (Å²) in [4.78, 5) is 0. The predicted molar refractivity (Wildman–Crippen MR) is 62.1 cm³/mol. The maximum Gasteiger partial charge on any atom is 0.0669 e. The van der Waals surface area contributed by atoms with Crippen molar-refractivity contribution in [3.8, 4) is 0 Å². The van der Waals surface area contributed by atoms with Crippen LogP contribution in [-0.2, 0) is 5.54 Å². The lowest BCUT2D eigenvalue weighted by Gasteiger charge is -2.37. The average molecular weight is 226 g/mol. The third kappa shape index (κ3) is 2.17. The van der Waals surface area contributed by atoms with Crippen LogP contribution in [0.4, 0.5) is 0 Å². The first-order valence-corrected chi connectivity index (χ1v) is 5.77. The van der Waals surface area contributed by atoms with Crippen molar-refractivity contribution in [3.05, 3.63) is 34.9 Å². The summed E-state index contributed by atoms with van der Waals surface area (Å²) in [5.41, 5.74) is 0.820. The van der Waals surface area contributed by atoms with Gasteiger partial charge in [0.25, 0.3) is 0 Å². The van der Waals surface area contributed by atoms with E-state index in [1.54, 1.807) is 0 Å². The topological polar surface area (TPSA) is 32.3 Å². The first kappa shape index (κ1) is 10.9. The molecule has 15 heavy (non-hydrogen) atoms. The van der Waals surface area contributed by atoms with Crippen LogP contribution in [0.3, 0.4) is 0 Å². The van der Waals surface area contributed by atoms with Crippen molar-refractivity contribution in [2.75, 3.05) is 13.2 Å². The zero-order valence-corrected chi connectivity index (χ0v) is 9.43. The molecule has 0 spiro atoms. The summed E-state index contributed by atoms with van der Waals surface area (Å²) in [6, 6.07) is 7.76. The molecule has 1 aliphatic rings. The van der Waals surface area contributed by atoms with Gasteiger partial charge >= 0.3 is 0 Å². The average Bonchev–Trinajstić information content (AvgIpc) is 2.30. The van der Waals surface area contributed by atoms with Crippen LogP contribution in [0.15, 0.2) is 24.3 Å². The van der Waals surface area contributed by atoms with Crippen LogP contribution in [0.5, 0.6) is 0 Å². The number of rotatable bonds is 2. The third-order valence-electron chi connectivity index (χ3n) is 3.14. The Kier molecular flexibility index (Phi) is 3.29. The molecule has 0 radical (unpaired) electrons. The van der Waals surface area contributed by atoms with Crippen LogP contribution in [0.1, 0.15) is 24.8 Å². The van der Waals surface area contributed by atoms with E-state index in [9.17, 15) is 5.11 Å². The molecule has 1 saturated heterocycles. The normalized spacial score (nSPS) is 26.5. The highest BCUT2D eigenvalue weighted by Crippen LogP contribution is 2.31. The van der Waals surface area contributed by atoms with Gasteiger partial charge in [0, 0.05) is 5.02 Å². The molecule has 3 heteroatoms. The monoisotopic (exact) mass is 225 g/mol. The summed E-state index contributed by atoms with van der Waals surface area (Å²) in [5, 5.41) is 13.7. The highest BCUT2D eigenvalue weighted by Gasteiger charge is 2.32. The number of piperidine rings is 1. The van der Waals surface area contributed by atoms with Crippen LogP contribution < -0.4 is 5.32 Å². The first-order chi connectivity index (χ1) is 7.27. The molecule has 0 saturated carbocycles. The fourth-order valence-electron chi connectivity index (χ4n) is 2.23. The molecule has 1 aromatic carbocycles. The number of aliphatic hydroxyl groups is 1. The maximum absolute atomic E-state index is 9.58. The van der Waals surface area contributed by atoms with Crippen molar-refractivity contribution < 1.29 is 5.11 Å². The molecule has 1 aliphatic heterocycles. The molecule has 2 N–H and O–H groups in total. The summed E-state index contributed by atoms with van der Waals surface area (Å²) in [5.74, 6) is 0. The number of halogens is 1. The van der Waals surface area contributed by atoms with Crippen LogP contribution in [-0.4, -0.2) is 18.3 Å².